The number of phenols is 1. The molecule has 0 aliphatic carbocycles. The van der Waals surface area contributed by atoms with Gasteiger partial charge in [0.15, 0.2) is 18.3 Å². The van der Waals surface area contributed by atoms with E-state index < -0.39 is 8.07 Å². The van der Waals surface area contributed by atoms with Gasteiger partial charge in [-0.05, 0) is 46.8 Å². The van der Waals surface area contributed by atoms with Crippen molar-refractivity contribution in [2.75, 3.05) is 13.4 Å². The highest BCUT2D eigenvalue weighted by atomic mass is 127. The number of phenolic OH excluding ortho intramolecular Hbond substituents is 1. The minimum absolute atomic E-state index is 0.152. The van der Waals surface area contributed by atoms with Crippen molar-refractivity contribution in [3.63, 3.8) is 0 Å². The van der Waals surface area contributed by atoms with Crippen LogP contribution in [0.5, 0.6) is 11.5 Å². The summed E-state index contributed by atoms with van der Waals surface area (Å²) in [5.74, 6) is 0.629. The van der Waals surface area contributed by atoms with Crippen LogP contribution in [0, 0.1) is 3.57 Å². The van der Waals surface area contributed by atoms with Gasteiger partial charge in [0, 0.05) is 18.3 Å². The van der Waals surface area contributed by atoms with Crippen LogP contribution in [0.3, 0.4) is 0 Å². The van der Waals surface area contributed by atoms with Gasteiger partial charge in [-0.15, -0.1) is 0 Å². The zero-order chi connectivity index (χ0) is 12.9. The summed E-state index contributed by atoms with van der Waals surface area (Å²) in [4.78, 5) is 0. The molecule has 0 radical (unpaired) electrons. The molecule has 3 nitrogen and oxygen atoms in total. The van der Waals surface area contributed by atoms with E-state index in [-0.39, 0.29) is 12.5 Å². The standard InChI is InChI=1S/C12H19IO3Si/c1-17(2,3)7-6-15-9-16-12-8-10(13)4-5-11(12)14/h4-5,8,14H,6-7,9H2,1-3H3. The van der Waals surface area contributed by atoms with E-state index in [2.05, 4.69) is 42.2 Å². The normalized spacial score (nSPS) is 11.5. The van der Waals surface area contributed by atoms with Crippen LogP contribution >= 0.6 is 22.6 Å². The Morgan fingerprint density at radius 1 is 1.29 bits per heavy atom. The second-order valence-electron chi connectivity index (χ2n) is 5.09. The molecule has 17 heavy (non-hydrogen) atoms. The van der Waals surface area contributed by atoms with E-state index in [1.807, 2.05) is 6.07 Å². The predicted molar refractivity (Wildman–Crippen MR) is 80.4 cm³/mol. The summed E-state index contributed by atoms with van der Waals surface area (Å²) in [6, 6.07) is 6.36. The van der Waals surface area contributed by atoms with Crippen LogP contribution in [0.1, 0.15) is 0 Å². The zero-order valence-electron chi connectivity index (χ0n) is 10.5. The smallest absolute Gasteiger partial charge is 0.189 e. The lowest BCUT2D eigenvalue weighted by atomic mass is 10.3. The first-order valence-corrected chi connectivity index (χ1v) is 10.4. The van der Waals surface area contributed by atoms with Crippen molar-refractivity contribution in [3.05, 3.63) is 21.8 Å². The Labute approximate surface area is 117 Å². The molecule has 0 aliphatic heterocycles. The van der Waals surface area contributed by atoms with Gasteiger partial charge >= 0.3 is 0 Å². The van der Waals surface area contributed by atoms with Crippen molar-refractivity contribution >= 4 is 30.7 Å². The van der Waals surface area contributed by atoms with E-state index in [1.54, 1.807) is 12.1 Å². The summed E-state index contributed by atoms with van der Waals surface area (Å²) in [7, 11) is -1.04. The third-order valence-corrected chi connectivity index (χ3v) is 4.59. The van der Waals surface area contributed by atoms with E-state index in [4.69, 9.17) is 9.47 Å². The number of rotatable bonds is 6. The Bertz CT molecular complexity index is 363. The average molecular weight is 366 g/mol. The van der Waals surface area contributed by atoms with Crippen LogP contribution in [-0.4, -0.2) is 26.6 Å². The lowest BCUT2D eigenvalue weighted by Crippen LogP contribution is -2.22. The van der Waals surface area contributed by atoms with E-state index in [9.17, 15) is 5.11 Å². The molecule has 0 heterocycles. The Morgan fingerprint density at radius 2 is 2.00 bits per heavy atom. The summed E-state index contributed by atoms with van der Waals surface area (Å²) in [6.45, 7) is 7.84. The molecule has 96 valence electrons. The summed E-state index contributed by atoms with van der Waals surface area (Å²) < 4.78 is 11.8. The maximum Gasteiger partial charge on any atom is 0.189 e. The van der Waals surface area contributed by atoms with E-state index in [1.165, 1.54) is 0 Å². The number of halogens is 1. The summed E-state index contributed by atoms with van der Waals surface area (Å²) >= 11 is 2.17. The Hall–Kier alpha value is -0.273. The number of hydrogen-bond donors (Lipinski definition) is 1. The lowest BCUT2D eigenvalue weighted by molar-refractivity contribution is 0.0205. The van der Waals surface area contributed by atoms with Crippen LogP contribution in [0.2, 0.25) is 25.7 Å². The van der Waals surface area contributed by atoms with E-state index >= 15 is 0 Å². The molecule has 0 atom stereocenters. The highest BCUT2D eigenvalue weighted by Gasteiger charge is 2.12. The van der Waals surface area contributed by atoms with Crippen LogP contribution in [0.15, 0.2) is 18.2 Å². The van der Waals surface area contributed by atoms with Gasteiger partial charge in [0.1, 0.15) is 0 Å². The Kier molecular flexibility index (Phi) is 5.74. The van der Waals surface area contributed by atoms with Crippen LogP contribution in [0.25, 0.3) is 0 Å². The topological polar surface area (TPSA) is 38.7 Å². The molecule has 0 saturated carbocycles. The minimum atomic E-state index is -1.04. The van der Waals surface area contributed by atoms with Gasteiger partial charge in [0.25, 0.3) is 0 Å². The third-order valence-electron chi connectivity index (χ3n) is 2.22. The maximum atomic E-state index is 9.54. The van der Waals surface area contributed by atoms with Gasteiger partial charge in [0.2, 0.25) is 0 Å². The van der Waals surface area contributed by atoms with E-state index in [0.29, 0.717) is 5.75 Å². The number of aromatic hydroxyl groups is 1. The Morgan fingerprint density at radius 3 is 2.65 bits per heavy atom. The van der Waals surface area contributed by atoms with Crippen molar-refractivity contribution in [1.29, 1.82) is 0 Å². The van der Waals surface area contributed by atoms with E-state index in [0.717, 1.165) is 16.2 Å². The molecule has 0 aliphatic rings. The van der Waals surface area contributed by atoms with Crippen molar-refractivity contribution < 1.29 is 14.6 Å². The van der Waals surface area contributed by atoms with Crippen molar-refractivity contribution in [2.45, 2.75) is 25.7 Å². The van der Waals surface area contributed by atoms with Gasteiger partial charge in [-0.1, -0.05) is 19.6 Å². The first-order chi connectivity index (χ1) is 7.88. The fourth-order valence-electron chi connectivity index (χ4n) is 1.15. The Balaban J connectivity index is 2.29. The lowest BCUT2D eigenvalue weighted by Gasteiger charge is -2.15. The van der Waals surface area contributed by atoms with Gasteiger partial charge in [0.05, 0.1) is 0 Å². The summed E-state index contributed by atoms with van der Waals surface area (Å²) in [5.41, 5.74) is 0. The molecule has 0 amide bonds. The van der Waals surface area contributed by atoms with Gasteiger partial charge in [-0.2, -0.15) is 0 Å². The fraction of sp³-hybridized carbons (Fsp3) is 0.500. The number of ether oxygens (including phenoxy) is 2. The van der Waals surface area contributed by atoms with Crippen LogP contribution in [-0.2, 0) is 4.74 Å². The molecule has 0 aromatic heterocycles. The molecule has 0 unspecified atom stereocenters. The second kappa shape index (κ2) is 6.60. The van der Waals surface area contributed by atoms with Crippen molar-refractivity contribution in [1.82, 2.24) is 0 Å². The third kappa shape index (κ3) is 6.28. The molecule has 1 rings (SSSR count). The molecule has 0 spiro atoms. The zero-order valence-corrected chi connectivity index (χ0v) is 13.7. The molecular weight excluding hydrogens is 347 g/mol. The highest BCUT2D eigenvalue weighted by molar-refractivity contribution is 14.1. The molecule has 5 heteroatoms. The summed E-state index contributed by atoms with van der Waals surface area (Å²) in [5, 5.41) is 9.54. The monoisotopic (exact) mass is 366 g/mol. The van der Waals surface area contributed by atoms with Gasteiger partial charge in [-0.25, -0.2) is 0 Å². The number of hydrogen-bond acceptors (Lipinski definition) is 3. The second-order valence-corrected chi connectivity index (χ2v) is 12.0. The fourth-order valence-corrected chi connectivity index (χ4v) is 2.37. The molecule has 1 aromatic rings. The molecule has 1 N–H and O–H groups in total. The minimum Gasteiger partial charge on any atom is -0.504 e. The first kappa shape index (κ1) is 14.8. The van der Waals surface area contributed by atoms with Crippen molar-refractivity contribution in [3.8, 4) is 11.5 Å². The molecule has 0 bridgehead atoms. The molecule has 1 aromatic carbocycles. The first-order valence-electron chi connectivity index (χ1n) is 5.57. The molecule has 0 fully saturated rings. The van der Waals surface area contributed by atoms with Crippen LogP contribution in [0.4, 0.5) is 0 Å². The average Bonchev–Trinajstić information content (AvgIpc) is 2.21. The maximum absolute atomic E-state index is 9.54. The summed E-state index contributed by atoms with van der Waals surface area (Å²) in [6.07, 6.45) is 0. The SMILES string of the molecule is C[Si](C)(C)CCOCOc1cc(I)ccc1O. The molecule has 0 saturated heterocycles. The van der Waals surface area contributed by atoms with Crippen molar-refractivity contribution in [2.24, 2.45) is 0 Å². The molecular formula is C12H19IO3Si. The number of benzene rings is 1. The predicted octanol–water partition coefficient (Wildman–Crippen LogP) is 3.69. The highest BCUT2D eigenvalue weighted by Crippen LogP contribution is 2.27. The van der Waals surface area contributed by atoms with Crippen LogP contribution < -0.4 is 4.74 Å². The largest absolute Gasteiger partial charge is 0.504 e. The van der Waals surface area contributed by atoms with Gasteiger partial charge < -0.3 is 14.6 Å². The van der Waals surface area contributed by atoms with Gasteiger partial charge in [-0.3, -0.25) is 0 Å². The quantitative estimate of drug-likeness (QED) is 0.361.